The number of nitrogens with zero attached hydrogens (tertiary/aromatic N) is 1. The fourth-order valence-corrected chi connectivity index (χ4v) is 1.38. The lowest BCUT2D eigenvalue weighted by atomic mass is 10.2. The van der Waals surface area contributed by atoms with Crippen molar-refractivity contribution in [2.45, 2.75) is 13.3 Å². The van der Waals surface area contributed by atoms with Crippen molar-refractivity contribution in [3.05, 3.63) is 23.8 Å². The number of halogens is 1. The van der Waals surface area contributed by atoms with Gasteiger partial charge in [-0.1, -0.05) is 0 Å². The van der Waals surface area contributed by atoms with Crippen LogP contribution in [0.3, 0.4) is 0 Å². The normalized spacial score (nSPS) is 11.2. The van der Waals surface area contributed by atoms with Crippen LogP contribution in [-0.4, -0.2) is 20.6 Å². The van der Waals surface area contributed by atoms with E-state index >= 15 is 0 Å². The van der Waals surface area contributed by atoms with Crippen LogP contribution in [0.1, 0.15) is 12.6 Å². The molecule has 0 aliphatic rings. The summed E-state index contributed by atoms with van der Waals surface area (Å²) in [7, 11) is -4.72. The summed E-state index contributed by atoms with van der Waals surface area (Å²) in [6.45, 7) is 1.28. The molecule has 0 aliphatic heterocycles. The predicted molar refractivity (Wildman–Crippen MR) is 51.3 cm³/mol. The van der Waals surface area contributed by atoms with E-state index in [0.29, 0.717) is 0 Å². The Kier molecular flexibility index (Phi) is 3.74. The van der Waals surface area contributed by atoms with E-state index in [1.54, 1.807) is 0 Å². The molecule has 0 bridgehead atoms. The van der Waals surface area contributed by atoms with Gasteiger partial charge < -0.3 is 4.52 Å². The third-order valence-corrected chi connectivity index (χ3v) is 1.98. The number of phosphoric ester groups is 1. The summed E-state index contributed by atoms with van der Waals surface area (Å²) >= 11 is 0. The van der Waals surface area contributed by atoms with Gasteiger partial charge in [0.2, 0.25) is 0 Å². The summed E-state index contributed by atoms with van der Waals surface area (Å²) in [6, 6.07) is 0.768. The number of phosphoric acid groups is 1. The molecule has 0 saturated carbocycles. The third kappa shape index (κ3) is 4.06. The number of hydrogen-bond acceptors (Lipinski definition) is 4. The molecule has 0 fully saturated rings. The van der Waals surface area contributed by atoms with Gasteiger partial charge in [0.15, 0.2) is 5.75 Å². The van der Waals surface area contributed by atoms with Gasteiger partial charge in [0.1, 0.15) is 11.6 Å². The van der Waals surface area contributed by atoms with Crippen LogP contribution in [0.25, 0.3) is 0 Å². The monoisotopic (exact) mass is 249 g/mol. The van der Waals surface area contributed by atoms with E-state index in [0.717, 1.165) is 12.3 Å². The number of Topliss-reactive ketones (excluding diaryl/α,β-unsaturated/α-hetero) is 1. The SMILES string of the molecule is CC(=O)Cc1ncc(OP(=O)(O)O)cc1F. The smallest absolute Gasteiger partial charge is 0.402 e. The van der Waals surface area contributed by atoms with Gasteiger partial charge in [0.05, 0.1) is 18.3 Å². The standard InChI is InChI=1S/C8H9FNO5P/c1-5(11)2-8-7(9)3-6(4-10-8)15-16(12,13)14/h3-4H,2H2,1H3,(H2,12,13,14). The highest BCUT2D eigenvalue weighted by atomic mass is 31.2. The molecule has 8 heteroatoms. The summed E-state index contributed by atoms with van der Waals surface area (Å²) < 4.78 is 27.8. The number of carbonyl (C=O) groups excluding carboxylic acids is 1. The zero-order valence-electron chi connectivity index (χ0n) is 8.25. The Morgan fingerprint density at radius 1 is 1.62 bits per heavy atom. The van der Waals surface area contributed by atoms with Gasteiger partial charge in [0, 0.05) is 6.07 Å². The van der Waals surface area contributed by atoms with Crippen LogP contribution >= 0.6 is 7.82 Å². The minimum absolute atomic E-state index is 0.0921. The van der Waals surface area contributed by atoms with E-state index in [2.05, 4.69) is 9.51 Å². The zero-order chi connectivity index (χ0) is 12.3. The number of carbonyl (C=O) groups is 1. The first kappa shape index (κ1) is 12.8. The molecular weight excluding hydrogens is 240 g/mol. The summed E-state index contributed by atoms with van der Waals surface area (Å²) in [5.41, 5.74) is -0.0921. The highest BCUT2D eigenvalue weighted by Gasteiger charge is 2.17. The van der Waals surface area contributed by atoms with Crippen molar-refractivity contribution < 1.29 is 28.1 Å². The number of hydrogen-bond donors (Lipinski definition) is 2. The lowest BCUT2D eigenvalue weighted by Crippen LogP contribution is -2.03. The second kappa shape index (κ2) is 4.69. The number of pyridine rings is 1. The van der Waals surface area contributed by atoms with Crippen LogP contribution in [0.15, 0.2) is 12.3 Å². The number of rotatable bonds is 4. The van der Waals surface area contributed by atoms with Gasteiger partial charge in [-0.25, -0.2) is 8.96 Å². The Morgan fingerprint density at radius 3 is 2.69 bits per heavy atom. The van der Waals surface area contributed by atoms with Gasteiger partial charge >= 0.3 is 7.82 Å². The molecule has 1 aromatic heterocycles. The third-order valence-electron chi connectivity index (χ3n) is 1.53. The Hall–Kier alpha value is -1.30. The lowest BCUT2D eigenvalue weighted by molar-refractivity contribution is -0.116. The highest BCUT2D eigenvalue weighted by molar-refractivity contribution is 7.46. The van der Waals surface area contributed by atoms with E-state index in [9.17, 15) is 13.8 Å². The average molecular weight is 249 g/mol. The molecule has 6 nitrogen and oxygen atoms in total. The Balaban J connectivity index is 2.91. The van der Waals surface area contributed by atoms with Gasteiger partial charge in [-0.05, 0) is 6.92 Å². The molecule has 16 heavy (non-hydrogen) atoms. The van der Waals surface area contributed by atoms with E-state index in [1.807, 2.05) is 0 Å². The maximum atomic E-state index is 13.2. The second-order valence-electron chi connectivity index (χ2n) is 3.06. The molecule has 0 aromatic carbocycles. The van der Waals surface area contributed by atoms with Crippen LogP contribution in [0.4, 0.5) is 4.39 Å². The molecule has 0 amide bonds. The molecule has 2 N–H and O–H groups in total. The van der Waals surface area contributed by atoms with Crippen molar-refractivity contribution in [2.75, 3.05) is 0 Å². The van der Waals surface area contributed by atoms with Crippen molar-refractivity contribution in [3.8, 4) is 5.75 Å². The van der Waals surface area contributed by atoms with Crippen LogP contribution in [0.2, 0.25) is 0 Å². The largest absolute Gasteiger partial charge is 0.524 e. The summed E-state index contributed by atoms with van der Waals surface area (Å²) in [6.07, 6.45) is 0.766. The highest BCUT2D eigenvalue weighted by Crippen LogP contribution is 2.37. The van der Waals surface area contributed by atoms with Crippen molar-refractivity contribution in [1.29, 1.82) is 0 Å². The first-order valence-electron chi connectivity index (χ1n) is 4.17. The van der Waals surface area contributed by atoms with Gasteiger partial charge in [-0.3, -0.25) is 19.6 Å². The Labute approximate surface area is 90.3 Å². The first-order chi connectivity index (χ1) is 7.28. The van der Waals surface area contributed by atoms with E-state index in [-0.39, 0.29) is 17.9 Å². The number of aromatic nitrogens is 1. The average Bonchev–Trinajstić information content (AvgIpc) is 2.06. The molecule has 88 valence electrons. The number of ketones is 1. The van der Waals surface area contributed by atoms with Gasteiger partial charge in [-0.2, -0.15) is 0 Å². The Morgan fingerprint density at radius 2 is 2.25 bits per heavy atom. The minimum atomic E-state index is -4.72. The van der Waals surface area contributed by atoms with Crippen molar-refractivity contribution in [2.24, 2.45) is 0 Å². The molecule has 0 saturated heterocycles. The molecule has 0 unspecified atom stereocenters. The predicted octanol–water partition coefficient (Wildman–Crippen LogP) is 0.824. The van der Waals surface area contributed by atoms with Crippen LogP contribution in [0.5, 0.6) is 5.75 Å². The van der Waals surface area contributed by atoms with Crippen LogP contribution in [-0.2, 0) is 15.8 Å². The van der Waals surface area contributed by atoms with E-state index in [4.69, 9.17) is 9.79 Å². The van der Waals surface area contributed by atoms with E-state index in [1.165, 1.54) is 6.92 Å². The molecule has 0 atom stereocenters. The first-order valence-corrected chi connectivity index (χ1v) is 5.70. The quantitative estimate of drug-likeness (QED) is 0.767. The van der Waals surface area contributed by atoms with Crippen LogP contribution < -0.4 is 4.52 Å². The molecule has 0 radical (unpaired) electrons. The van der Waals surface area contributed by atoms with Gasteiger partial charge in [0.25, 0.3) is 0 Å². The van der Waals surface area contributed by atoms with Crippen molar-refractivity contribution in [1.82, 2.24) is 4.98 Å². The van der Waals surface area contributed by atoms with Gasteiger partial charge in [-0.15, -0.1) is 0 Å². The fraction of sp³-hybridized carbons (Fsp3) is 0.250. The molecule has 1 heterocycles. The van der Waals surface area contributed by atoms with Crippen molar-refractivity contribution in [3.63, 3.8) is 0 Å². The molecule has 1 aromatic rings. The minimum Gasteiger partial charge on any atom is -0.402 e. The molecular formula is C8H9FNO5P. The topological polar surface area (TPSA) is 96.7 Å². The zero-order valence-corrected chi connectivity index (χ0v) is 9.15. The molecule has 0 spiro atoms. The lowest BCUT2D eigenvalue weighted by Gasteiger charge is -2.07. The molecule has 0 aliphatic carbocycles. The van der Waals surface area contributed by atoms with Crippen LogP contribution in [0, 0.1) is 5.82 Å². The Bertz CT molecular complexity index is 458. The maximum Gasteiger partial charge on any atom is 0.524 e. The second-order valence-corrected chi connectivity index (χ2v) is 4.22. The van der Waals surface area contributed by atoms with Crippen molar-refractivity contribution >= 4 is 13.6 Å². The summed E-state index contributed by atoms with van der Waals surface area (Å²) in [5.74, 6) is -1.51. The maximum absolute atomic E-state index is 13.2. The van der Waals surface area contributed by atoms with E-state index < -0.39 is 19.4 Å². The summed E-state index contributed by atoms with van der Waals surface area (Å²) in [4.78, 5) is 31.2. The summed E-state index contributed by atoms with van der Waals surface area (Å²) in [5, 5.41) is 0. The fourth-order valence-electron chi connectivity index (χ4n) is 1.00. The molecule has 1 rings (SSSR count).